The number of hydrogen-bond acceptors (Lipinski definition) is 8. The van der Waals surface area contributed by atoms with Gasteiger partial charge in [-0.05, 0) is 50.7 Å². The molecule has 1 unspecified atom stereocenters. The Bertz CT molecular complexity index is 1590. The van der Waals surface area contributed by atoms with Crippen LogP contribution in [0.5, 0.6) is 0 Å². The molecule has 11 heteroatoms. The Hall–Kier alpha value is -3.50. The van der Waals surface area contributed by atoms with Crippen LogP contribution in [0.25, 0.3) is 34.1 Å². The zero-order valence-corrected chi connectivity index (χ0v) is 23.8. The summed E-state index contributed by atoms with van der Waals surface area (Å²) in [5.74, 6) is 1.66. The summed E-state index contributed by atoms with van der Waals surface area (Å²) in [5, 5.41) is 6.89. The third kappa shape index (κ3) is 5.42. The molecule has 1 saturated carbocycles. The number of rotatable bonds is 6. The van der Waals surface area contributed by atoms with Crippen LogP contribution in [0.1, 0.15) is 46.5 Å². The number of H-pyrrole nitrogens is 1. The van der Waals surface area contributed by atoms with Crippen LogP contribution in [-0.4, -0.2) is 55.5 Å². The maximum Gasteiger partial charge on any atom is 0.434 e. The second-order valence-electron chi connectivity index (χ2n) is 11.2. The van der Waals surface area contributed by atoms with E-state index in [1.807, 2.05) is 24.3 Å². The maximum absolute atomic E-state index is 11.8. The van der Waals surface area contributed by atoms with Crippen molar-refractivity contribution in [3.63, 3.8) is 0 Å². The molecule has 4 aromatic rings. The van der Waals surface area contributed by atoms with E-state index in [-0.39, 0.29) is 17.8 Å². The second-order valence-corrected chi connectivity index (χ2v) is 11.7. The van der Waals surface area contributed by atoms with Crippen molar-refractivity contribution in [3.05, 3.63) is 51.5 Å². The first-order valence-electron chi connectivity index (χ1n) is 13.9. The van der Waals surface area contributed by atoms with Crippen molar-refractivity contribution in [1.82, 2.24) is 29.7 Å². The lowest BCUT2D eigenvalue weighted by Crippen LogP contribution is -2.46. The number of imidazole rings is 1. The van der Waals surface area contributed by atoms with Crippen molar-refractivity contribution >= 4 is 28.7 Å². The predicted octanol–water partition coefficient (Wildman–Crippen LogP) is 5.49. The molecule has 40 heavy (non-hydrogen) atoms. The molecule has 1 saturated heterocycles. The normalized spacial score (nSPS) is 21.6. The molecule has 0 amide bonds. The van der Waals surface area contributed by atoms with Crippen LogP contribution >= 0.6 is 11.6 Å². The van der Waals surface area contributed by atoms with E-state index in [2.05, 4.69) is 46.5 Å². The Kier molecular flexibility index (Phi) is 7.46. The SMILES string of the molecule is CC(C)=CC1COCCN1c1nc2nc(-c3n[nH]c(=O)o3)nc(-c3cccc(Cl)c3)c2n1CC1CCC(C)CC1. The number of halogens is 1. The molecule has 0 bridgehead atoms. The lowest BCUT2D eigenvalue weighted by atomic mass is 9.83. The summed E-state index contributed by atoms with van der Waals surface area (Å²) >= 11 is 6.44. The standard InChI is InChI=1S/C29H34ClN7O3/c1-17(2)13-22-16-39-12-11-36(22)28-33-25-24(37(28)15-19-9-7-18(3)8-10-19)23(20-5-4-6-21(30)14-20)31-26(32-25)27-34-35-29(38)40-27/h4-6,13-14,18-19,22H,7-12,15-16H2,1-3H3,(H,35,38). The Morgan fingerprint density at radius 2 is 2.00 bits per heavy atom. The molecule has 1 atom stereocenters. The molecule has 10 nitrogen and oxygen atoms in total. The molecular formula is C29H34ClN7O3. The fourth-order valence-corrected chi connectivity index (χ4v) is 6.03. The summed E-state index contributed by atoms with van der Waals surface area (Å²) in [6, 6.07) is 7.64. The summed E-state index contributed by atoms with van der Waals surface area (Å²) in [5.41, 5.74) is 4.07. The number of nitrogens with one attached hydrogen (secondary N) is 1. The van der Waals surface area contributed by atoms with Crippen LogP contribution in [0.3, 0.4) is 0 Å². The van der Waals surface area contributed by atoms with Gasteiger partial charge in [0, 0.05) is 23.7 Å². The van der Waals surface area contributed by atoms with Crippen molar-refractivity contribution in [2.75, 3.05) is 24.7 Å². The minimum atomic E-state index is -0.668. The Balaban J connectivity index is 1.58. The van der Waals surface area contributed by atoms with E-state index in [4.69, 9.17) is 35.7 Å². The number of aromatic amines is 1. The fraction of sp³-hybridized carbons (Fsp3) is 0.483. The summed E-state index contributed by atoms with van der Waals surface area (Å²) in [6.45, 7) is 9.27. The highest BCUT2D eigenvalue weighted by atomic mass is 35.5. The molecule has 2 fully saturated rings. The number of fused-ring (bicyclic) bond motifs is 1. The molecule has 210 valence electrons. The highest BCUT2D eigenvalue weighted by Gasteiger charge is 2.31. The number of anilines is 1. The highest BCUT2D eigenvalue weighted by Crippen LogP contribution is 2.37. The van der Waals surface area contributed by atoms with Crippen molar-refractivity contribution < 1.29 is 9.15 Å². The Morgan fingerprint density at radius 3 is 2.73 bits per heavy atom. The molecule has 4 heterocycles. The third-order valence-electron chi connectivity index (χ3n) is 7.83. The van der Waals surface area contributed by atoms with E-state index in [1.165, 1.54) is 31.3 Å². The van der Waals surface area contributed by atoms with Gasteiger partial charge >= 0.3 is 5.76 Å². The van der Waals surface area contributed by atoms with Crippen LogP contribution in [0, 0.1) is 11.8 Å². The smallest absolute Gasteiger partial charge is 0.384 e. The van der Waals surface area contributed by atoms with Gasteiger partial charge in [0.2, 0.25) is 11.8 Å². The Labute approximate surface area is 237 Å². The Morgan fingerprint density at radius 1 is 1.18 bits per heavy atom. The van der Waals surface area contributed by atoms with Gasteiger partial charge in [0.25, 0.3) is 5.89 Å². The van der Waals surface area contributed by atoms with Crippen LogP contribution in [0.15, 0.2) is 45.1 Å². The monoisotopic (exact) mass is 563 g/mol. The maximum atomic E-state index is 11.8. The summed E-state index contributed by atoms with van der Waals surface area (Å²) in [4.78, 5) is 28.9. The average molecular weight is 564 g/mol. The topological polar surface area (TPSA) is 115 Å². The number of aromatic nitrogens is 6. The van der Waals surface area contributed by atoms with Gasteiger partial charge in [-0.1, -0.05) is 55.1 Å². The van der Waals surface area contributed by atoms with Crippen LogP contribution < -0.4 is 10.7 Å². The van der Waals surface area contributed by atoms with Gasteiger partial charge in [-0.25, -0.2) is 19.9 Å². The minimum Gasteiger partial charge on any atom is -0.384 e. The van der Waals surface area contributed by atoms with Gasteiger partial charge in [0.15, 0.2) is 5.65 Å². The van der Waals surface area contributed by atoms with Crippen molar-refractivity contribution in [1.29, 1.82) is 0 Å². The summed E-state index contributed by atoms with van der Waals surface area (Å²) in [6.07, 6.45) is 7.03. The van der Waals surface area contributed by atoms with Gasteiger partial charge in [0.05, 0.1) is 19.3 Å². The molecule has 1 aromatic carbocycles. The van der Waals surface area contributed by atoms with E-state index in [0.717, 1.165) is 29.5 Å². The number of ether oxygens (including phenoxy) is 1. The number of hydrogen-bond donors (Lipinski definition) is 1. The number of nitrogens with zero attached hydrogens (tertiary/aromatic N) is 6. The lowest BCUT2D eigenvalue weighted by Gasteiger charge is -2.36. The highest BCUT2D eigenvalue weighted by molar-refractivity contribution is 6.30. The molecule has 0 radical (unpaired) electrons. The van der Waals surface area contributed by atoms with Gasteiger partial charge in [-0.2, -0.15) is 4.98 Å². The lowest BCUT2D eigenvalue weighted by molar-refractivity contribution is 0.104. The molecule has 1 N–H and O–H groups in total. The first-order chi connectivity index (χ1) is 19.4. The van der Waals surface area contributed by atoms with Crippen LogP contribution in [-0.2, 0) is 11.3 Å². The zero-order valence-electron chi connectivity index (χ0n) is 23.1. The van der Waals surface area contributed by atoms with E-state index in [1.54, 1.807) is 0 Å². The zero-order chi connectivity index (χ0) is 27.8. The average Bonchev–Trinajstić information content (AvgIpc) is 3.53. The predicted molar refractivity (Wildman–Crippen MR) is 154 cm³/mol. The van der Waals surface area contributed by atoms with Crippen molar-refractivity contribution in [3.8, 4) is 23.0 Å². The quantitative estimate of drug-likeness (QED) is 0.306. The molecule has 6 rings (SSSR count). The number of benzene rings is 1. The van der Waals surface area contributed by atoms with Gasteiger partial charge in [-0.15, -0.1) is 5.10 Å². The molecule has 2 aliphatic rings. The van der Waals surface area contributed by atoms with E-state index >= 15 is 0 Å². The number of allylic oxidation sites excluding steroid dienone is 1. The molecule has 1 aliphatic carbocycles. The van der Waals surface area contributed by atoms with E-state index in [0.29, 0.717) is 42.0 Å². The van der Waals surface area contributed by atoms with Gasteiger partial charge in [0.1, 0.15) is 11.2 Å². The van der Waals surface area contributed by atoms with Crippen LogP contribution in [0.2, 0.25) is 5.02 Å². The molecular weight excluding hydrogens is 530 g/mol. The summed E-state index contributed by atoms with van der Waals surface area (Å²) < 4.78 is 13.4. The van der Waals surface area contributed by atoms with Crippen molar-refractivity contribution in [2.45, 2.75) is 59.0 Å². The molecule has 3 aromatic heterocycles. The van der Waals surface area contributed by atoms with Gasteiger partial charge < -0.3 is 18.6 Å². The van der Waals surface area contributed by atoms with E-state index < -0.39 is 5.76 Å². The summed E-state index contributed by atoms with van der Waals surface area (Å²) in [7, 11) is 0. The third-order valence-corrected chi connectivity index (χ3v) is 8.07. The first kappa shape index (κ1) is 26.7. The minimum absolute atomic E-state index is 0.0151. The fourth-order valence-electron chi connectivity index (χ4n) is 5.84. The van der Waals surface area contributed by atoms with Crippen molar-refractivity contribution in [2.24, 2.45) is 11.8 Å². The largest absolute Gasteiger partial charge is 0.434 e. The van der Waals surface area contributed by atoms with Gasteiger partial charge in [-0.3, -0.25) is 0 Å². The molecule has 0 spiro atoms. The van der Waals surface area contributed by atoms with E-state index in [9.17, 15) is 4.79 Å². The first-order valence-corrected chi connectivity index (χ1v) is 14.3. The molecule has 1 aliphatic heterocycles. The number of morpholine rings is 1. The second kappa shape index (κ2) is 11.2. The van der Waals surface area contributed by atoms with Crippen LogP contribution in [0.4, 0.5) is 5.95 Å².